The van der Waals surface area contributed by atoms with Gasteiger partial charge in [-0.2, -0.15) is 0 Å². The summed E-state index contributed by atoms with van der Waals surface area (Å²) in [6.07, 6.45) is 11.5. The van der Waals surface area contributed by atoms with E-state index in [2.05, 4.69) is 25.1 Å². The van der Waals surface area contributed by atoms with Crippen LogP contribution >= 0.6 is 0 Å². The average Bonchev–Trinajstić information content (AvgIpc) is 3.22. The van der Waals surface area contributed by atoms with Gasteiger partial charge in [-0.25, -0.2) is 9.97 Å². The van der Waals surface area contributed by atoms with Crippen LogP contribution in [0.1, 0.15) is 51.4 Å². The molecule has 3 aliphatic heterocycles. The summed E-state index contributed by atoms with van der Waals surface area (Å²) < 4.78 is 0. The summed E-state index contributed by atoms with van der Waals surface area (Å²) in [5.41, 5.74) is 1.11. The highest BCUT2D eigenvalue weighted by atomic mass is 16.2. The Balaban J connectivity index is 1.23. The van der Waals surface area contributed by atoms with Crippen LogP contribution in [0.3, 0.4) is 0 Å². The summed E-state index contributed by atoms with van der Waals surface area (Å²) in [4.78, 5) is 39.7. The highest BCUT2D eigenvalue weighted by Gasteiger charge is 2.28. The Morgan fingerprint density at radius 1 is 1.03 bits per heavy atom. The van der Waals surface area contributed by atoms with Crippen molar-refractivity contribution in [2.75, 3.05) is 55.6 Å². The molecule has 1 N–H and O–H groups in total. The SMILES string of the molecule is O=C(NCCCN1CCCC1=O)C1CCN(c2cncnc2N2CCCCC2)CC1. The van der Waals surface area contributed by atoms with E-state index in [9.17, 15) is 9.59 Å². The second kappa shape index (κ2) is 10.1. The third kappa shape index (κ3) is 5.02. The minimum absolute atomic E-state index is 0.0673. The van der Waals surface area contributed by atoms with E-state index in [-0.39, 0.29) is 17.7 Å². The van der Waals surface area contributed by atoms with Gasteiger partial charge < -0.3 is 20.0 Å². The van der Waals surface area contributed by atoms with E-state index in [1.165, 1.54) is 19.3 Å². The Morgan fingerprint density at radius 2 is 1.83 bits per heavy atom. The van der Waals surface area contributed by atoms with Crippen LogP contribution in [0.2, 0.25) is 0 Å². The molecule has 0 aliphatic carbocycles. The number of hydrogen-bond acceptors (Lipinski definition) is 6. The largest absolute Gasteiger partial charge is 0.367 e. The van der Waals surface area contributed by atoms with Crippen LogP contribution in [-0.4, -0.2) is 72.5 Å². The van der Waals surface area contributed by atoms with E-state index in [1.54, 1.807) is 6.33 Å². The molecule has 3 fully saturated rings. The molecular formula is C22H34N6O2. The number of carbonyl (C=O) groups is 2. The monoisotopic (exact) mass is 414 g/mol. The molecule has 0 atom stereocenters. The van der Waals surface area contributed by atoms with Crippen LogP contribution in [0.4, 0.5) is 11.5 Å². The zero-order valence-electron chi connectivity index (χ0n) is 17.9. The summed E-state index contributed by atoms with van der Waals surface area (Å²) in [6, 6.07) is 0. The molecule has 0 saturated carbocycles. The van der Waals surface area contributed by atoms with Crippen molar-refractivity contribution < 1.29 is 9.59 Å². The van der Waals surface area contributed by atoms with Gasteiger partial charge in [0.15, 0.2) is 5.82 Å². The van der Waals surface area contributed by atoms with E-state index >= 15 is 0 Å². The first-order valence-electron chi connectivity index (χ1n) is 11.6. The fourth-order valence-corrected chi connectivity index (χ4v) is 4.84. The van der Waals surface area contributed by atoms with Crippen LogP contribution in [-0.2, 0) is 9.59 Å². The third-order valence-electron chi connectivity index (χ3n) is 6.61. The Morgan fingerprint density at radius 3 is 2.57 bits per heavy atom. The Hall–Kier alpha value is -2.38. The molecule has 2 amide bonds. The van der Waals surface area contributed by atoms with Gasteiger partial charge in [0.2, 0.25) is 11.8 Å². The number of likely N-dealkylation sites (tertiary alicyclic amines) is 1. The topological polar surface area (TPSA) is 81.7 Å². The molecule has 3 saturated heterocycles. The van der Waals surface area contributed by atoms with Crippen molar-refractivity contribution >= 4 is 23.3 Å². The van der Waals surface area contributed by atoms with Gasteiger partial charge in [0.25, 0.3) is 0 Å². The molecule has 1 aromatic rings. The Kier molecular flexibility index (Phi) is 7.02. The second-order valence-corrected chi connectivity index (χ2v) is 8.67. The maximum Gasteiger partial charge on any atom is 0.223 e. The quantitative estimate of drug-likeness (QED) is 0.686. The second-order valence-electron chi connectivity index (χ2n) is 8.67. The standard InChI is InChI=1S/C22H34N6O2/c29-20-6-4-12-27(20)13-5-9-24-22(30)18-7-14-26(15-8-18)19-16-23-17-25-21(19)28-10-2-1-3-11-28/h16-18H,1-15H2,(H,24,30). The molecule has 164 valence electrons. The van der Waals surface area contributed by atoms with E-state index in [4.69, 9.17) is 0 Å². The number of carbonyl (C=O) groups excluding carboxylic acids is 2. The zero-order chi connectivity index (χ0) is 20.8. The van der Waals surface area contributed by atoms with Gasteiger partial charge in [0.05, 0.1) is 11.9 Å². The molecule has 1 aromatic heterocycles. The summed E-state index contributed by atoms with van der Waals surface area (Å²) in [7, 11) is 0. The number of rotatable bonds is 7. The molecule has 8 nitrogen and oxygen atoms in total. The van der Waals surface area contributed by atoms with Crippen LogP contribution in [0.25, 0.3) is 0 Å². The number of nitrogens with zero attached hydrogens (tertiary/aromatic N) is 5. The van der Waals surface area contributed by atoms with Crippen LogP contribution in [0.5, 0.6) is 0 Å². The van der Waals surface area contributed by atoms with Crippen molar-refractivity contribution in [3.8, 4) is 0 Å². The first kappa shape index (κ1) is 20.9. The van der Waals surface area contributed by atoms with Crippen molar-refractivity contribution in [2.24, 2.45) is 5.92 Å². The minimum Gasteiger partial charge on any atom is -0.367 e. The van der Waals surface area contributed by atoms with Gasteiger partial charge in [-0.1, -0.05) is 0 Å². The summed E-state index contributed by atoms with van der Waals surface area (Å²) in [6.45, 7) is 6.11. The maximum atomic E-state index is 12.6. The van der Waals surface area contributed by atoms with Gasteiger partial charge >= 0.3 is 0 Å². The molecule has 30 heavy (non-hydrogen) atoms. The highest BCUT2D eigenvalue weighted by Crippen LogP contribution is 2.31. The number of hydrogen-bond donors (Lipinski definition) is 1. The molecule has 4 heterocycles. The van der Waals surface area contributed by atoms with Crippen molar-refractivity contribution in [1.82, 2.24) is 20.2 Å². The maximum absolute atomic E-state index is 12.6. The van der Waals surface area contributed by atoms with Crippen LogP contribution < -0.4 is 15.1 Å². The first-order valence-corrected chi connectivity index (χ1v) is 11.6. The number of piperidine rings is 2. The van der Waals surface area contributed by atoms with Crippen LogP contribution in [0, 0.1) is 5.92 Å². The lowest BCUT2D eigenvalue weighted by Gasteiger charge is -2.36. The van der Waals surface area contributed by atoms with Crippen molar-refractivity contribution in [2.45, 2.75) is 51.4 Å². The molecule has 0 unspecified atom stereocenters. The summed E-state index contributed by atoms with van der Waals surface area (Å²) >= 11 is 0. The lowest BCUT2D eigenvalue weighted by Crippen LogP contribution is -2.42. The molecule has 0 bridgehead atoms. The number of amides is 2. The van der Waals surface area contributed by atoms with Gasteiger partial charge in [-0.15, -0.1) is 0 Å². The molecular weight excluding hydrogens is 380 g/mol. The predicted molar refractivity (Wildman–Crippen MR) is 116 cm³/mol. The van der Waals surface area contributed by atoms with E-state index < -0.39 is 0 Å². The molecule has 4 rings (SSSR count). The lowest BCUT2D eigenvalue weighted by atomic mass is 9.95. The molecule has 8 heteroatoms. The fraction of sp³-hybridized carbons (Fsp3) is 0.727. The fourth-order valence-electron chi connectivity index (χ4n) is 4.84. The number of aromatic nitrogens is 2. The summed E-state index contributed by atoms with van der Waals surface area (Å²) in [5, 5.41) is 3.08. The zero-order valence-corrected chi connectivity index (χ0v) is 17.9. The van der Waals surface area contributed by atoms with Crippen LogP contribution in [0.15, 0.2) is 12.5 Å². The third-order valence-corrected chi connectivity index (χ3v) is 6.61. The molecule has 0 spiro atoms. The normalized spacial score (nSPS) is 20.7. The lowest BCUT2D eigenvalue weighted by molar-refractivity contribution is -0.127. The van der Waals surface area contributed by atoms with Crippen molar-refractivity contribution in [3.05, 3.63) is 12.5 Å². The predicted octanol–water partition coefficient (Wildman–Crippen LogP) is 1.81. The Bertz CT molecular complexity index is 728. The number of anilines is 2. The van der Waals surface area contributed by atoms with Gasteiger partial charge in [0.1, 0.15) is 6.33 Å². The average molecular weight is 415 g/mol. The van der Waals surface area contributed by atoms with E-state index in [0.29, 0.717) is 13.0 Å². The highest BCUT2D eigenvalue weighted by molar-refractivity contribution is 5.79. The minimum atomic E-state index is 0.0673. The van der Waals surface area contributed by atoms with E-state index in [0.717, 1.165) is 76.5 Å². The molecule has 0 radical (unpaired) electrons. The van der Waals surface area contributed by atoms with Gasteiger partial charge in [-0.3, -0.25) is 9.59 Å². The van der Waals surface area contributed by atoms with Crippen molar-refractivity contribution in [3.63, 3.8) is 0 Å². The van der Waals surface area contributed by atoms with E-state index in [1.807, 2.05) is 11.1 Å². The molecule has 3 aliphatic rings. The van der Waals surface area contributed by atoms with Gasteiger partial charge in [-0.05, 0) is 44.9 Å². The number of nitrogens with one attached hydrogen (secondary N) is 1. The Labute approximate surface area is 179 Å². The smallest absolute Gasteiger partial charge is 0.223 e. The summed E-state index contributed by atoms with van der Waals surface area (Å²) in [5.74, 6) is 1.52. The van der Waals surface area contributed by atoms with Crippen molar-refractivity contribution in [1.29, 1.82) is 0 Å². The molecule has 0 aromatic carbocycles. The van der Waals surface area contributed by atoms with Gasteiger partial charge in [0, 0.05) is 58.2 Å². The first-order chi connectivity index (χ1) is 14.7.